The van der Waals surface area contributed by atoms with Crippen molar-refractivity contribution in [3.63, 3.8) is 0 Å². The highest BCUT2D eigenvalue weighted by Crippen LogP contribution is 2.35. The normalized spacial score (nSPS) is 10.6. The summed E-state index contributed by atoms with van der Waals surface area (Å²) in [6, 6.07) is 9.39. The molecule has 9 nitrogen and oxygen atoms in total. The molecule has 0 bridgehead atoms. The van der Waals surface area contributed by atoms with Gasteiger partial charge in [0.1, 0.15) is 5.75 Å². The van der Waals surface area contributed by atoms with Crippen LogP contribution in [0.3, 0.4) is 0 Å². The largest absolute Gasteiger partial charge is 0.497 e. The van der Waals surface area contributed by atoms with Gasteiger partial charge in [0.15, 0.2) is 0 Å². The molecule has 2 aromatic rings. The zero-order chi connectivity index (χ0) is 17.7. The summed E-state index contributed by atoms with van der Waals surface area (Å²) in [6.45, 7) is 1.55. The van der Waals surface area contributed by atoms with Gasteiger partial charge in [-0.2, -0.15) is 5.10 Å². The Balaban J connectivity index is 2.32. The van der Waals surface area contributed by atoms with Crippen molar-refractivity contribution in [3.05, 3.63) is 67.8 Å². The lowest BCUT2D eigenvalue weighted by Crippen LogP contribution is -2.02. The van der Waals surface area contributed by atoms with Gasteiger partial charge >= 0.3 is 11.4 Å². The minimum absolute atomic E-state index is 0.264. The van der Waals surface area contributed by atoms with E-state index in [1.807, 2.05) is 0 Å². The summed E-state index contributed by atoms with van der Waals surface area (Å²) >= 11 is 0. The molecule has 0 aliphatic heterocycles. The molecule has 0 aromatic heterocycles. The van der Waals surface area contributed by atoms with Gasteiger partial charge in [-0.25, -0.2) is 0 Å². The monoisotopic (exact) mass is 330 g/mol. The van der Waals surface area contributed by atoms with Crippen LogP contribution in [0.5, 0.6) is 5.75 Å². The number of hydrazone groups is 1. The van der Waals surface area contributed by atoms with Crippen LogP contribution in [0.15, 0.2) is 41.5 Å². The Morgan fingerprint density at radius 2 is 1.62 bits per heavy atom. The van der Waals surface area contributed by atoms with Gasteiger partial charge in [0.05, 0.1) is 23.2 Å². The molecule has 0 saturated heterocycles. The summed E-state index contributed by atoms with van der Waals surface area (Å²) in [5.41, 5.74) is 2.43. The van der Waals surface area contributed by atoms with E-state index in [4.69, 9.17) is 4.74 Å². The van der Waals surface area contributed by atoms with Gasteiger partial charge in [-0.15, -0.1) is 0 Å². The van der Waals surface area contributed by atoms with Crippen molar-refractivity contribution >= 4 is 23.3 Å². The Kier molecular flexibility index (Phi) is 5.05. The molecule has 1 N–H and O–H groups in total. The van der Waals surface area contributed by atoms with Gasteiger partial charge in [-0.3, -0.25) is 25.7 Å². The summed E-state index contributed by atoms with van der Waals surface area (Å²) in [7, 11) is 1.54. The van der Waals surface area contributed by atoms with E-state index in [2.05, 4.69) is 10.5 Å². The Morgan fingerprint density at radius 3 is 2.08 bits per heavy atom. The third-order valence-electron chi connectivity index (χ3n) is 3.14. The van der Waals surface area contributed by atoms with Gasteiger partial charge in [0, 0.05) is 12.1 Å². The van der Waals surface area contributed by atoms with Crippen molar-refractivity contribution in [1.82, 2.24) is 0 Å². The third kappa shape index (κ3) is 3.83. The second-order valence-electron chi connectivity index (χ2n) is 4.84. The lowest BCUT2D eigenvalue weighted by atomic mass is 10.1. The molecule has 0 spiro atoms. The molecule has 9 heteroatoms. The van der Waals surface area contributed by atoms with Crippen molar-refractivity contribution in [3.8, 4) is 5.75 Å². The number of nitro benzene ring substituents is 2. The molecule has 2 rings (SSSR count). The zero-order valence-electron chi connectivity index (χ0n) is 12.9. The van der Waals surface area contributed by atoms with E-state index in [1.165, 1.54) is 18.3 Å². The van der Waals surface area contributed by atoms with Crippen LogP contribution in [0.2, 0.25) is 0 Å². The number of anilines is 1. The number of nitrogens with zero attached hydrogens (tertiary/aromatic N) is 3. The molecule has 0 aliphatic carbocycles. The van der Waals surface area contributed by atoms with Gasteiger partial charge in [-0.05, 0) is 42.3 Å². The van der Waals surface area contributed by atoms with Crippen LogP contribution >= 0.6 is 0 Å². The van der Waals surface area contributed by atoms with Crippen LogP contribution in [-0.2, 0) is 0 Å². The highest BCUT2D eigenvalue weighted by atomic mass is 16.6. The molecule has 0 saturated carbocycles. The minimum atomic E-state index is -0.689. The predicted octanol–water partition coefficient (Wildman–Crippen LogP) is 3.27. The first-order chi connectivity index (χ1) is 11.4. The number of nitrogens with one attached hydrogen (secondary N) is 1. The maximum Gasteiger partial charge on any atom is 0.301 e. The fourth-order valence-corrected chi connectivity index (χ4v) is 2.01. The summed E-state index contributed by atoms with van der Waals surface area (Å²) in [5, 5.41) is 26.1. The third-order valence-corrected chi connectivity index (χ3v) is 3.14. The molecule has 0 heterocycles. The molecule has 0 radical (unpaired) electrons. The first-order valence-corrected chi connectivity index (χ1v) is 6.79. The quantitative estimate of drug-likeness (QED) is 0.493. The van der Waals surface area contributed by atoms with E-state index >= 15 is 0 Å². The van der Waals surface area contributed by atoms with Crippen LogP contribution < -0.4 is 10.2 Å². The summed E-state index contributed by atoms with van der Waals surface area (Å²) in [6.07, 6.45) is 1.40. The highest BCUT2D eigenvalue weighted by Gasteiger charge is 2.25. The van der Waals surface area contributed by atoms with Crippen molar-refractivity contribution in [1.29, 1.82) is 0 Å². The van der Waals surface area contributed by atoms with Gasteiger partial charge in [0.25, 0.3) is 0 Å². The van der Waals surface area contributed by atoms with Crippen LogP contribution in [0, 0.1) is 27.2 Å². The molecule has 0 amide bonds. The average molecular weight is 330 g/mol. The molecular formula is C15H14N4O5. The maximum atomic E-state index is 11.1. The van der Waals surface area contributed by atoms with Crippen LogP contribution in [0.25, 0.3) is 0 Å². The van der Waals surface area contributed by atoms with Crippen molar-refractivity contribution in [2.75, 3.05) is 12.5 Å². The molecule has 0 atom stereocenters. The zero-order valence-corrected chi connectivity index (χ0v) is 12.9. The maximum absolute atomic E-state index is 11.1. The lowest BCUT2D eigenvalue weighted by Gasteiger charge is -2.05. The standard InChI is InChI=1S/C15H14N4O5/c1-10-7-13(18(20)21)15(14(8-10)19(22)23)17-16-9-11-3-5-12(24-2)6-4-11/h3-9,17H,1-2H3/b16-9-. The second-order valence-corrected chi connectivity index (χ2v) is 4.84. The Labute approximate surface area is 136 Å². The van der Waals surface area contributed by atoms with Crippen molar-refractivity contribution < 1.29 is 14.6 Å². The topological polar surface area (TPSA) is 120 Å². The van der Waals surface area contributed by atoms with Gasteiger partial charge in [-0.1, -0.05) is 0 Å². The second kappa shape index (κ2) is 7.18. The minimum Gasteiger partial charge on any atom is -0.497 e. The molecule has 124 valence electrons. The summed E-state index contributed by atoms with van der Waals surface area (Å²) < 4.78 is 5.03. The SMILES string of the molecule is COc1ccc(/C=N\Nc2c([N+](=O)[O-])cc(C)cc2[N+](=O)[O-])cc1. The number of methoxy groups -OCH3 is 1. The Hall–Kier alpha value is -3.49. The lowest BCUT2D eigenvalue weighted by molar-refractivity contribution is -0.392. The van der Waals surface area contributed by atoms with Gasteiger partial charge in [0.2, 0.25) is 5.69 Å². The number of hydrogen-bond donors (Lipinski definition) is 1. The van der Waals surface area contributed by atoms with Gasteiger partial charge < -0.3 is 4.74 Å². The van der Waals surface area contributed by atoms with Crippen molar-refractivity contribution in [2.45, 2.75) is 6.92 Å². The van der Waals surface area contributed by atoms with E-state index in [9.17, 15) is 20.2 Å². The number of rotatable bonds is 6. The van der Waals surface area contributed by atoms with Crippen LogP contribution in [-0.4, -0.2) is 23.2 Å². The number of nitro groups is 2. The van der Waals surface area contributed by atoms with E-state index in [1.54, 1.807) is 38.3 Å². The fourth-order valence-electron chi connectivity index (χ4n) is 2.01. The number of aryl methyl sites for hydroxylation is 1. The van der Waals surface area contributed by atoms with E-state index < -0.39 is 21.2 Å². The molecule has 0 fully saturated rings. The summed E-state index contributed by atoms with van der Waals surface area (Å²) in [4.78, 5) is 20.9. The molecule has 2 aromatic carbocycles. The number of ether oxygens (including phenoxy) is 1. The van der Waals surface area contributed by atoms with Crippen LogP contribution in [0.1, 0.15) is 11.1 Å². The van der Waals surface area contributed by atoms with Crippen molar-refractivity contribution in [2.24, 2.45) is 5.10 Å². The first kappa shape index (κ1) is 16.9. The predicted molar refractivity (Wildman–Crippen MR) is 88.7 cm³/mol. The molecule has 0 unspecified atom stereocenters. The molecule has 0 aliphatic rings. The van der Waals surface area contributed by atoms with E-state index in [0.29, 0.717) is 16.9 Å². The van der Waals surface area contributed by atoms with Crippen LogP contribution in [0.4, 0.5) is 17.1 Å². The summed E-state index contributed by atoms with van der Waals surface area (Å²) in [5.74, 6) is 0.671. The Bertz CT molecular complexity index is 767. The smallest absolute Gasteiger partial charge is 0.301 e. The Morgan fingerprint density at radius 1 is 1.08 bits per heavy atom. The average Bonchev–Trinajstić information content (AvgIpc) is 2.55. The van der Waals surface area contributed by atoms with E-state index in [-0.39, 0.29) is 5.69 Å². The molecule has 24 heavy (non-hydrogen) atoms. The molecular weight excluding hydrogens is 316 g/mol. The first-order valence-electron chi connectivity index (χ1n) is 6.79. The highest BCUT2D eigenvalue weighted by molar-refractivity contribution is 5.82. The fraction of sp³-hybridized carbons (Fsp3) is 0.133. The number of benzene rings is 2. The number of hydrogen-bond acceptors (Lipinski definition) is 7. The van der Waals surface area contributed by atoms with E-state index in [0.717, 1.165) is 0 Å².